The standard InChI is InChI=1S/C14H20N2O2/c1-4-11-18-13-7-5-12(6-8-13)14(17)15-9-10-16(2)3/h4-8H,1,9-11H2,2-3H3,(H,15,17)/p+1. The van der Waals surface area contributed by atoms with Crippen molar-refractivity contribution in [2.45, 2.75) is 0 Å². The maximum atomic E-state index is 11.8. The van der Waals surface area contributed by atoms with E-state index >= 15 is 0 Å². The molecule has 0 spiro atoms. The van der Waals surface area contributed by atoms with Gasteiger partial charge < -0.3 is 15.0 Å². The van der Waals surface area contributed by atoms with Crippen LogP contribution in [0.15, 0.2) is 36.9 Å². The molecule has 0 aliphatic carbocycles. The smallest absolute Gasteiger partial charge is 0.251 e. The minimum Gasteiger partial charge on any atom is -0.490 e. The third-order valence-corrected chi connectivity index (χ3v) is 2.39. The summed E-state index contributed by atoms with van der Waals surface area (Å²) in [4.78, 5) is 13.1. The Kier molecular flexibility index (Phi) is 5.94. The van der Waals surface area contributed by atoms with Crippen molar-refractivity contribution in [1.29, 1.82) is 0 Å². The summed E-state index contributed by atoms with van der Waals surface area (Å²) in [5, 5.41) is 2.88. The molecule has 0 aliphatic rings. The van der Waals surface area contributed by atoms with Gasteiger partial charge in [0, 0.05) is 5.56 Å². The number of hydrogen-bond donors (Lipinski definition) is 2. The van der Waals surface area contributed by atoms with E-state index in [1.807, 2.05) is 0 Å². The van der Waals surface area contributed by atoms with Crippen molar-refractivity contribution in [3.05, 3.63) is 42.5 Å². The Morgan fingerprint density at radius 1 is 1.39 bits per heavy atom. The Hall–Kier alpha value is -1.81. The average molecular weight is 249 g/mol. The maximum Gasteiger partial charge on any atom is 0.251 e. The first-order valence-corrected chi connectivity index (χ1v) is 6.04. The van der Waals surface area contributed by atoms with Gasteiger partial charge in [-0.15, -0.1) is 0 Å². The fourth-order valence-electron chi connectivity index (χ4n) is 1.39. The molecule has 1 aromatic carbocycles. The van der Waals surface area contributed by atoms with E-state index in [1.165, 1.54) is 4.90 Å². The molecule has 1 aromatic rings. The van der Waals surface area contributed by atoms with Gasteiger partial charge in [-0.25, -0.2) is 0 Å². The first-order chi connectivity index (χ1) is 8.63. The zero-order valence-electron chi connectivity index (χ0n) is 11.0. The Morgan fingerprint density at radius 3 is 2.61 bits per heavy atom. The second kappa shape index (κ2) is 7.50. The number of nitrogens with one attached hydrogen (secondary N) is 2. The summed E-state index contributed by atoms with van der Waals surface area (Å²) in [6.45, 7) is 5.63. The highest BCUT2D eigenvalue weighted by atomic mass is 16.5. The van der Waals surface area contributed by atoms with Gasteiger partial charge in [0.15, 0.2) is 0 Å². The van der Waals surface area contributed by atoms with Gasteiger partial charge in [0.2, 0.25) is 0 Å². The van der Waals surface area contributed by atoms with Gasteiger partial charge in [-0.2, -0.15) is 0 Å². The molecule has 4 heteroatoms. The molecule has 0 aliphatic heterocycles. The van der Waals surface area contributed by atoms with Crippen LogP contribution in [0.3, 0.4) is 0 Å². The predicted octanol–water partition coefficient (Wildman–Crippen LogP) is 0.126. The first kappa shape index (κ1) is 14.3. The van der Waals surface area contributed by atoms with Gasteiger partial charge in [-0.05, 0) is 24.3 Å². The molecule has 18 heavy (non-hydrogen) atoms. The summed E-state index contributed by atoms with van der Waals surface area (Å²) in [7, 11) is 4.11. The van der Waals surface area contributed by atoms with Gasteiger partial charge in [0.05, 0.1) is 27.2 Å². The third-order valence-electron chi connectivity index (χ3n) is 2.39. The Morgan fingerprint density at radius 2 is 2.06 bits per heavy atom. The summed E-state index contributed by atoms with van der Waals surface area (Å²) in [5.74, 6) is 0.690. The second-order valence-corrected chi connectivity index (χ2v) is 4.34. The van der Waals surface area contributed by atoms with Gasteiger partial charge in [-0.3, -0.25) is 4.79 Å². The van der Waals surface area contributed by atoms with E-state index in [9.17, 15) is 4.79 Å². The maximum absolute atomic E-state index is 11.8. The minimum absolute atomic E-state index is 0.0495. The number of rotatable bonds is 7. The summed E-state index contributed by atoms with van der Waals surface area (Å²) in [5.41, 5.74) is 0.648. The van der Waals surface area contributed by atoms with Crippen molar-refractivity contribution in [2.24, 2.45) is 0 Å². The largest absolute Gasteiger partial charge is 0.490 e. The monoisotopic (exact) mass is 249 g/mol. The molecule has 0 unspecified atom stereocenters. The van der Waals surface area contributed by atoms with E-state index in [2.05, 4.69) is 26.0 Å². The van der Waals surface area contributed by atoms with E-state index in [0.717, 1.165) is 12.3 Å². The molecular weight excluding hydrogens is 228 g/mol. The summed E-state index contributed by atoms with van der Waals surface area (Å²) in [6.07, 6.45) is 1.68. The average Bonchev–Trinajstić information content (AvgIpc) is 2.36. The van der Waals surface area contributed by atoms with Crippen LogP contribution in [0.2, 0.25) is 0 Å². The Bertz CT molecular complexity index is 385. The summed E-state index contributed by atoms with van der Waals surface area (Å²) in [6, 6.07) is 7.10. The van der Waals surface area contributed by atoms with Crippen LogP contribution in [0, 0.1) is 0 Å². The first-order valence-electron chi connectivity index (χ1n) is 6.04. The van der Waals surface area contributed by atoms with E-state index in [1.54, 1.807) is 30.3 Å². The highest BCUT2D eigenvalue weighted by molar-refractivity contribution is 5.94. The van der Waals surface area contributed by atoms with Crippen LogP contribution in [0.5, 0.6) is 5.75 Å². The zero-order chi connectivity index (χ0) is 13.4. The van der Waals surface area contributed by atoms with Crippen molar-refractivity contribution >= 4 is 5.91 Å². The number of quaternary nitrogens is 1. The van der Waals surface area contributed by atoms with Gasteiger partial charge in [-0.1, -0.05) is 12.7 Å². The number of ether oxygens (including phenoxy) is 1. The zero-order valence-corrected chi connectivity index (χ0v) is 11.0. The molecule has 1 amide bonds. The summed E-state index contributed by atoms with van der Waals surface area (Å²) >= 11 is 0. The number of carbonyl (C=O) groups excluding carboxylic acids is 1. The minimum atomic E-state index is -0.0495. The molecule has 0 atom stereocenters. The van der Waals surface area contributed by atoms with E-state index in [0.29, 0.717) is 18.7 Å². The quantitative estimate of drug-likeness (QED) is 0.674. The van der Waals surface area contributed by atoms with Crippen molar-refractivity contribution < 1.29 is 14.4 Å². The van der Waals surface area contributed by atoms with Crippen LogP contribution in [0.4, 0.5) is 0 Å². The molecule has 98 valence electrons. The SMILES string of the molecule is C=CCOc1ccc(C(=O)NCC[NH+](C)C)cc1. The highest BCUT2D eigenvalue weighted by Gasteiger charge is 2.05. The lowest BCUT2D eigenvalue weighted by Crippen LogP contribution is -3.06. The molecule has 0 bridgehead atoms. The van der Waals surface area contributed by atoms with Gasteiger partial charge >= 0.3 is 0 Å². The van der Waals surface area contributed by atoms with Gasteiger partial charge in [0.25, 0.3) is 5.91 Å². The lowest BCUT2D eigenvalue weighted by atomic mass is 10.2. The molecule has 0 heterocycles. The van der Waals surface area contributed by atoms with Crippen LogP contribution in [-0.4, -0.2) is 39.7 Å². The molecule has 4 nitrogen and oxygen atoms in total. The van der Waals surface area contributed by atoms with E-state index in [-0.39, 0.29) is 5.91 Å². The molecule has 0 radical (unpaired) electrons. The molecule has 0 fully saturated rings. The van der Waals surface area contributed by atoms with Crippen molar-refractivity contribution in [1.82, 2.24) is 5.32 Å². The fraction of sp³-hybridized carbons (Fsp3) is 0.357. The van der Waals surface area contributed by atoms with Crippen LogP contribution in [-0.2, 0) is 0 Å². The normalized spacial score (nSPS) is 10.2. The van der Waals surface area contributed by atoms with Crippen LogP contribution >= 0.6 is 0 Å². The van der Waals surface area contributed by atoms with Crippen LogP contribution in [0.25, 0.3) is 0 Å². The summed E-state index contributed by atoms with van der Waals surface area (Å²) < 4.78 is 5.35. The lowest BCUT2D eigenvalue weighted by molar-refractivity contribution is -0.856. The van der Waals surface area contributed by atoms with E-state index < -0.39 is 0 Å². The second-order valence-electron chi connectivity index (χ2n) is 4.34. The molecule has 1 rings (SSSR count). The van der Waals surface area contributed by atoms with E-state index in [4.69, 9.17) is 4.74 Å². The van der Waals surface area contributed by atoms with Crippen LogP contribution in [0.1, 0.15) is 10.4 Å². The number of hydrogen-bond acceptors (Lipinski definition) is 2. The highest BCUT2D eigenvalue weighted by Crippen LogP contribution is 2.11. The topological polar surface area (TPSA) is 42.8 Å². The Labute approximate surface area is 108 Å². The number of likely N-dealkylation sites (N-methyl/N-ethyl adjacent to an activating group) is 1. The molecular formula is C14H21N2O2+. The fourth-order valence-corrected chi connectivity index (χ4v) is 1.39. The van der Waals surface area contributed by atoms with Gasteiger partial charge in [0.1, 0.15) is 12.4 Å². The van der Waals surface area contributed by atoms with Crippen LogP contribution < -0.4 is 15.0 Å². The number of carbonyl (C=O) groups is 1. The third kappa shape index (κ3) is 5.01. The van der Waals surface area contributed by atoms with Crippen molar-refractivity contribution in [2.75, 3.05) is 33.8 Å². The van der Waals surface area contributed by atoms with Crippen molar-refractivity contribution in [3.8, 4) is 5.75 Å². The Balaban J connectivity index is 2.45. The molecule has 0 aromatic heterocycles. The molecule has 0 saturated heterocycles. The number of benzene rings is 1. The predicted molar refractivity (Wildman–Crippen MR) is 72.1 cm³/mol. The number of amides is 1. The lowest BCUT2D eigenvalue weighted by Gasteiger charge is -2.09. The molecule has 0 saturated carbocycles. The van der Waals surface area contributed by atoms with Crippen molar-refractivity contribution in [3.63, 3.8) is 0 Å². The molecule has 2 N–H and O–H groups in total.